The molecule has 0 bridgehead atoms. The zero-order chi connectivity index (χ0) is 9.42. The van der Waals surface area contributed by atoms with Gasteiger partial charge in [-0.15, -0.1) is 0 Å². The fraction of sp³-hybridized carbons (Fsp3) is 0.300. The monoisotopic (exact) mass is 177 g/mol. The molecule has 13 heavy (non-hydrogen) atoms. The Morgan fingerprint density at radius 1 is 1.54 bits per heavy atom. The van der Waals surface area contributed by atoms with Crippen LogP contribution in [0.3, 0.4) is 0 Å². The SMILES string of the molecule is CN1c2ccc[n+](C)c2C=CC1O. The van der Waals surface area contributed by atoms with E-state index in [2.05, 4.69) is 0 Å². The van der Waals surface area contributed by atoms with Gasteiger partial charge in [-0.05, 0) is 12.1 Å². The number of fused-ring (bicyclic) bond motifs is 1. The van der Waals surface area contributed by atoms with Crippen LogP contribution < -0.4 is 9.47 Å². The lowest BCUT2D eigenvalue weighted by Crippen LogP contribution is -2.39. The molecule has 1 atom stereocenters. The van der Waals surface area contributed by atoms with Crippen LogP contribution in [0.1, 0.15) is 5.69 Å². The number of hydrogen-bond donors (Lipinski definition) is 1. The summed E-state index contributed by atoms with van der Waals surface area (Å²) in [6, 6.07) is 3.98. The van der Waals surface area contributed by atoms with Gasteiger partial charge in [-0.1, -0.05) is 0 Å². The third-order valence-electron chi connectivity index (χ3n) is 2.41. The van der Waals surface area contributed by atoms with Crippen molar-refractivity contribution >= 4 is 11.8 Å². The molecule has 0 aromatic carbocycles. The summed E-state index contributed by atoms with van der Waals surface area (Å²) in [7, 11) is 3.88. The fourth-order valence-corrected chi connectivity index (χ4v) is 1.56. The van der Waals surface area contributed by atoms with Crippen molar-refractivity contribution in [2.24, 2.45) is 7.05 Å². The van der Waals surface area contributed by atoms with E-state index in [0.29, 0.717) is 0 Å². The maximum atomic E-state index is 9.55. The Hall–Kier alpha value is -1.35. The normalized spacial score (nSPS) is 20.2. The standard InChI is InChI=1S/C10H13N2O/c1-11-7-3-4-9-8(11)5-6-10(13)12(9)2/h3-7,10,13H,1-2H3/q+1. The highest BCUT2D eigenvalue weighted by molar-refractivity contribution is 5.66. The van der Waals surface area contributed by atoms with E-state index in [0.717, 1.165) is 11.4 Å². The van der Waals surface area contributed by atoms with Gasteiger partial charge in [0.2, 0.25) is 5.69 Å². The van der Waals surface area contributed by atoms with Crippen molar-refractivity contribution in [3.05, 3.63) is 30.1 Å². The Kier molecular flexibility index (Phi) is 1.81. The topological polar surface area (TPSA) is 27.4 Å². The second-order valence-corrected chi connectivity index (χ2v) is 3.27. The number of anilines is 1. The second kappa shape index (κ2) is 2.85. The fourth-order valence-electron chi connectivity index (χ4n) is 1.56. The number of pyridine rings is 1. The molecule has 2 heterocycles. The van der Waals surface area contributed by atoms with E-state index in [9.17, 15) is 5.11 Å². The number of aromatic nitrogens is 1. The lowest BCUT2D eigenvalue weighted by molar-refractivity contribution is -0.672. The Morgan fingerprint density at radius 2 is 2.31 bits per heavy atom. The Balaban J connectivity index is 2.58. The van der Waals surface area contributed by atoms with E-state index in [1.807, 2.05) is 48.0 Å². The lowest BCUT2D eigenvalue weighted by Gasteiger charge is -2.26. The molecule has 0 aliphatic carbocycles. The molecule has 1 unspecified atom stereocenters. The van der Waals surface area contributed by atoms with Crippen molar-refractivity contribution in [2.75, 3.05) is 11.9 Å². The van der Waals surface area contributed by atoms with E-state index >= 15 is 0 Å². The van der Waals surface area contributed by atoms with Crippen molar-refractivity contribution in [2.45, 2.75) is 6.23 Å². The molecule has 0 saturated carbocycles. The molecule has 0 amide bonds. The van der Waals surface area contributed by atoms with Gasteiger partial charge in [0.05, 0.1) is 0 Å². The molecule has 1 aromatic rings. The van der Waals surface area contributed by atoms with Gasteiger partial charge in [0.25, 0.3) is 0 Å². The first-order chi connectivity index (χ1) is 6.20. The molecule has 2 rings (SSSR count). The van der Waals surface area contributed by atoms with E-state index in [4.69, 9.17) is 0 Å². The molecule has 0 fully saturated rings. The summed E-state index contributed by atoms with van der Waals surface area (Å²) < 4.78 is 2.04. The highest BCUT2D eigenvalue weighted by Crippen LogP contribution is 2.23. The number of nitrogens with zero attached hydrogens (tertiary/aromatic N) is 2. The zero-order valence-electron chi connectivity index (χ0n) is 7.81. The summed E-state index contributed by atoms with van der Waals surface area (Å²) in [6.45, 7) is 0. The molecular formula is C10H13N2O+. The average molecular weight is 177 g/mol. The summed E-state index contributed by atoms with van der Waals surface area (Å²) in [6.07, 6.45) is 5.21. The predicted molar refractivity (Wildman–Crippen MR) is 51.1 cm³/mol. The Labute approximate surface area is 77.5 Å². The summed E-state index contributed by atoms with van der Waals surface area (Å²) in [5.74, 6) is 0. The molecule has 1 aliphatic rings. The smallest absolute Gasteiger partial charge is 0.228 e. The number of aliphatic hydroxyl groups excluding tert-OH is 1. The summed E-state index contributed by atoms with van der Waals surface area (Å²) in [4.78, 5) is 1.84. The van der Waals surface area contributed by atoms with E-state index in [1.165, 1.54) is 0 Å². The number of aryl methyl sites for hydroxylation is 1. The first kappa shape index (κ1) is 8.26. The van der Waals surface area contributed by atoms with Crippen molar-refractivity contribution < 1.29 is 9.67 Å². The van der Waals surface area contributed by atoms with Gasteiger partial charge in [0.15, 0.2) is 6.20 Å². The highest BCUT2D eigenvalue weighted by atomic mass is 16.3. The summed E-state index contributed by atoms with van der Waals surface area (Å²) >= 11 is 0. The van der Waals surface area contributed by atoms with Crippen molar-refractivity contribution in [1.29, 1.82) is 0 Å². The van der Waals surface area contributed by atoms with Gasteiger partial charge in [-0.2, -0.15) is 4.57 Å². The highest BCUT2D eigenvalue weighted by Gasteiger charge is 2.21. The van der Waals surface area contributed by atoms with Crippen LogP contribution in [0, 0.1) is 0 Å². The van der Waals surface area contributed by atoms with Gasteiger partial charge in [-0.3, -0.25) is 0 Å². The lowest BCUT2D eigenvalue weighted by atomic mass is 10.2. The largest absolute Gasteiger partial charge is 0.370 e. The average Bonchev–Trinajstić information content (AvgIpc) is 2.12. The van der Waals surface area contributed by atoms with Crippen LogP contribution in [0.4, 0.5) is 5.69 Å². The maximum absolute atomic E-state index is 9.55. The third-order valence-corrected chi connectivity index (χ3v) is 2.41. The van der Waals surface area contributed by atoms with E-state index in [-0.39, 0.29) is 0 Å². The second-order valence-electron chi connectivity index (χ2n) is 3.27. The minimum atomic E-state index is -0.505. The third kappa shape index (κ3) is 1.21. The quantitative estimate of drug-likeness (QED) is 0.577. The predicted octanol–water partition coefficient (Wildman–Crippen LogP) is 0.292. The molecule has 68 valence electrons. The molecule has 0 saturated heterocycles. The molecule has 1 aliphatic heterocycles. The van der Waals surface area contributed by atoms with Gasteiger partial charge in [-0.25, -0.2) is 0 Å². The Bertz CT molecular complexity index is 360. The molecule has 1 aromatic heterocycles. The van der Waals surface area contributed by atoms with E-state index in [1.54, 1.807) is 6.08 Å². The first-order valence-electron chi connectivity index (χ1n) is 4.28. The number of aliphatic hydroxyl groups is 1. The summed E-state index contributed by atoms with van der Waals surface area (Å²) in [5, 5.41) is 9.55. The number of likely N-dealkylation sites (N-methyl/N-ethyl adjacent to an activating group) is 1. The minimum absolute atomic E-state index is 0.505. The van der Waals surface area contributed by atoms with Crippen LogP contribution in [0.2, 0.25) is 0 Å². The van der Waals surface area contributed by atoms with Crippen LogP contribution in [0.25, 0.3) is 6.08 Å². The minimum Gasteiger partial charge on any atom is -0.370 e. The molecule has 3 nitrogen and oxygen atoms in total. The molecule has 3 heteroatoms. The van der Waals surface area contributed by atoms with Crippen molar-refractivity contribution in [1.82, 2.24) is 0 Å². The summed E-state index contributed by atoms with van der Waals surface area (Å²) in [5.41, 5.74) is 2.18. The van der Waals surface area contributed by atoms with Crippen LogP contribution in [0.15, 0.2) is 24.4 Å². The van der Waals surface area contributed by atoms with Crippen LogP contribution >= 0.6 is 0 Å². The van der Waals surface area contributed by atoms with Crippen LogP contribution in [0.5, 0.6) is 0 Å². The zero-order valence-corrected chi connectivity index (χ0v) is 7.81. The van der Waals surface area contributed by atoms with E-state index < -0.39 is 6.23 Å². The first-order valence-corrected chi connectivity index (χ1v) is 4.28. The molecular weight excluding hydrogens is 164 g/mol. The van der Waals surface area contributed by atoms with Gasteiger partial charge in [0.1, 0.15) is 19.0 Å². The Morgan fingerprint density at radius 3 is 3.08 bits per heavy atom. The molecule has 1 N–H and O–H groups in total. The molecule has 0 radical (unpaired) electrons. The van der Waals surface area contributed by atoms with Gasteiger partial charge in [0, 0.05) is 19.2 Å². The van der Waals surface area contributed by atoms with Crippen LogP contribution in [-0.2, 0) is 7.05 Å². The maximum Gasteiger partial charge on any atom is 0.228 e. The van der Waals surface area contributed by atoms with Crippen LogP contribution in [-0.4, -0.2) is 18.4 Å². The molecule has 0 spiro atoms. The van der Waals surface area contributed by atoms with Gasteiger partial charge < -0.3 is 10.0 Å². The number of hydrogen-bond acceptors (Lipinski definition) is 2. The van der Waals surface area contributed by atoms with Gasteiger partial charge >= 0.3 is 0 Å². The number of rotatable bonds is 0. The van der Waals surface area contributed by atoms with Crippen molar-refractivity contribution in [3.63, 3.8) is 0 Å². The van der Waals surface area contributed by atoms with Crippen molar-refractivity contribution in [3.8, 4) is 0 Å².